The maximum atomic E-state index is 12.1. The zero-order valence-electron chi connectivity index (χ0n) is 12.9. The summed E-state index contributed by atoms with van der Waals surface area (Å²) in [7, 11) is 1.45. The fourth-order valence-corrected chi connectivity index (χ4v) is 2.56. The summed E-state index contributed by atoms with van der Waals surface area (Å²) in [5.74, 6) is -0.597. The number of carbonyl (C=O) groups is 1. The number of rotatable bonds is 3. The highest BCUT2D eigenvalue weighted by Crippen LogP contribution is 2.37. The molecule has 6 heteroatoms. The number of esters is 1. The summed E-state index contributed by atoms with van der Waals surface area (Å²) < 4.78 is 10.4. The Bertz CT molecular complexity index is 824. The first-order valence-corrected chi connectivity index (χ1v) is 7.28. The maximum Gasteiger partial charge on any atom is 0.334 e. The third kappa shape index (κ3) is 2.99. The van der Waals surface area contributed by atoms with E-state index in [1.165, 1.54) is 25.3 Å². The van der Waals surface area contributed by atoms with Crippen molar-refractivity contribution in [2.45, 2.75) is 12.5 Å². The molecule has 0 amide bonds. The molecule has 2 aromatic rings. The van der Waals surface area contributed by atoms with Gasteiger partial charge in [-0.25, -0.2) is 4.79 Å². The van der Waals surface area contributed by atoms with Crippen LogP contribution >= 0.6 is 0 Å². The smallest absolute Gasteiger partial charge is 0.334 e. The Morgan fingerprint density at radius 3 is 2.54 bits per heavy atom. The maximum absolute atomic E-state index is 12.1. The lowest BCUT2D eigenvalue weighted by Crippen LogP contribution is -1.98. The third-order valence-electron chi connectivity index (χ3n) is 3.83. The standard InChI is InChI=1S/C18H16O6/c1-23-17-7-10(2-4-14(17)20)6-12-9-16(24-18(12)22)11-3-5-13(19)15(21)8-11/h2-8,16,19-21H,9H2,1H3/t16-/m0/s1. The number of methoxy groups -OCH3 is 1. The second kappa shape index (κ2) is 6.16. The molecule has 1 fully saturated rings. The van der Waals surface area contributed by atoms with E-state index in [4.69, 9.17) is 9.47 Å². The van der Waals surface area contributed by atoms with E-state index in [1.54, 1.807) is 24.3 Å². The second-order valence-electron chi connectivity index (χ2n) is 5.45. The van der Waals surface area contributed by atoms with Gasteiger partial charge in [0.2, 0.25) is 0 Å². The highest BCUT2D eigenvalue weighted by Gasteiger charge is 2.30. The lowest BCUT2D eigenvalue weighted by atomic mass is 10.0. The number of cyclic esters (lactones) is 1. The second-order valence-corrected chi connectivity index (χ2v) is 5.45. The van der Waals surface area contributed by atoms with Gasteiger partial charge in [-0.15, -0.1) is 0 Å². The molecule has 3 N–H and O–H groups in total. The Hall–Kier alpha value is -3.15. The monoisotopic (exact) mass is 328 g/mol. The number of ether oxygens (including phenoxy) is 2. The molecule has 0 aliphatic carbocycles. The average Bonchev–Trinajstić information content (AvgIpc) is 2.92. The Kier molecular flexibility index (Phi) is 4.04. The molecule has 0 spiro atoms. The van der Waals surface area contributed by atoms with Gasteiger partial charge >= 0.3 is 5.97 Å². The van der Waals surface area contributed by atoms with E-state index in [0.717, 1.165) is 0 Å². The molecule has 1 heterocycles. The first-order chi connectivity index (χ1) is 11.5. The SMILES string of the molecule is COc1cc(C=C2C[C@@H](c3ccc(O)c(O)c3)OC2=O)ccc1O. The van der Waals surface area contributed by atoms with Crippen LogP contribution in [0.5, 0.6) is 23.0 Å². The van der Waals surface area contributed by atoms with Crippen molar-refractivity contribution in [2.24, 2.45) is 0 Å². The van der Waals surface area contributed by atoms with Crippen LogP contribution in [-0.4, -0.2) is 28.4 Å². The number of carbonyl (C=O) groups excluding carboxylic acids is 1. The topological polar surface area (TPSA) is 96.2 Å². The van der Waals surface area contributed by atoms with Crippen LogP contribution in [0.3, 0.4) is 0 Å². The van der Waals surface area contributed by atoms with E-state index in [-0.39, 0.29) is 17.2 Å². The molecule has 0 saturated carbocycles. The quantitative estimate of drug-likeness (QED) is 0.455. The number of hydrogen-bond acceptors (Lipinski definition) is 6. The molecule has 2 aromatic carbocycles. The summed E-state index contributed by atoms with van der Waals surface area (Å²) in [5.41, 5.74) is 1.77. The van der Waals surface area contributed by atoms with E-state index in [9.17, 15) is 20.1 Å². The predicted molar refractivity (Wildman–Crippen MR) is 85.9 cm³/mol. The van der Waals surface area contributed by atoms with Gasteiger partial charge in [0, 0.05) is 12.0 Å². The first-order valence-electron chi connectivity index (χ1n) is 7.28. The molecular formula is C18H16O6. The molecule has 24 heavy (non-hydrogen) atoms. The van der Waals surface area contributed by atoms with Crippen LogP contribution in [0.4, 0.5) is 0 Å². The van der Waals surface area contributed by atoms with Gasteiger partial charge < -0.3 is 24.8 Å². The van der Waals surface area contributed by atoms with Gasteiger partial charge in [-0.2, -0.15) is 0 Å². The van der Waals surface area contributed by atoms with E-state index in [1.807, 2.05) is 0 Å². The minimum atomic E-state index is -0.519. The highest BCUT2D eigenvalue weighted by atomic mass is 16.5. The van der Waals surface area contributed by atoms with Gasteiger partial charge in [0.25, 0.3) is 0 Å². The van der Waals surface area contributed by atoms with Crippen LogP contribution in [0.15, 0.2) is 42.0 Å². The lowest BCUT2D eigenvalue weighted by molar-refractivity contribution is -0.139. The van der Waals surface area contributed by atoms with E-state index < -0.39 is 12.1 Å². The number of benzene rings is 2. The zero-order chi connectivity index (χ0) is 17.3. The van der Waals surface area contributed by atoms with Gasteiger partial charge in [0.15, 0.2) is 23.0 Å². The van der Waals surface area contributed by atoms with Crippen LogP contribution in [0, 0.1) is 0 Å². The van der Waals surface area contributed by atoms with Crippen LogP contribution in [0.1, 0.15) is 23.7 Å². The third-order valence-corrected chi connectivity index (χ3v) is 3.83. The van der Waals surface area contributed by atoms with Crippen LogP contribution < -0.4 is 4.74 Å². The number of phenols is 3. The molecule has 1 saturated heterocycles. The Morgan fingerprint density at radius 1 is 1.08 bits per heavy atom. The van der Waals surface area contributed by atoms with Crippen molar-refractivity contribution in [2.75, 3.05) is 7.11 Å². The molecule has 0 unspecified atom stereocenters. The lowest BCUT2D eigenvalue weighted by Gasteiger charge is -2.09. The van der Waals surface area contributed by atoms with E-state index >= 15 is 0 Å². The summed E-state index contributed by atoms with van der Waals surface area (Å²) in [6.07, 6.45) is 1.49. The van der Waals surface area contributed by atoms with E-state index in [0.29, 0.717) is 28.9 Å². The van der Waals surface area contributed by atoms with Crippen LogP contribution in [0.2, 0.25) is 0 Å². The number of aromatic hydroxyl groups is 3. The van der Waals surface area contributed by atoms with Gasteiger partial charge in [-0.05, 0) is 41.5 Å². The van der Waals surface area contributed by atoms with E-state index in [2.05, 4.69) is 0 Å². The summed E-state index contributed by atoms with van der Waals surface area (Å²) in [5, 5.41) is 28.5. The van der Waals surface area contributed by atoms with Crippen molar-refractivity contribution < 1.29 is 29.6 Å². The molecular weight excluding hydrogens is 312 g/mol. The number of hydrogen-bond donors (Lipinski definition) is 3. The van der Waals surface area contributed by atoms with Crippen LogP contribution in [-0.2, 0) is 9.53 Å². The number of phenolic OH excluding ortho intramolecular Hbond substituents is 3. The van der Waals surface area contributed by atoms with Gasteiger partial charge in [-0.3, -0.25) is 0 Å². The average molecular weight is 328 g/mol. The largest absolute Gasteiger partial charge is 0.504 e. The van der Waals surface area contributed by atoms with Crippen molar-refractivity contribution in [1.29, 1.82) is 0 Å². The fourth-order valence-electron chi connectivity index (χ4n) is 2.56. The molecule has 0 bridgehead atoms. The Morgan fingerprint density at radius 2 is 1.83 bits per heavy atom. The molecule has 124 valence electrons. The van der Waals surface area contributed by atoms with Gasteiger partial charge in [0.05, 0.1) is 7.11 Å². The molecule has 1 aliphatic heterocycles. The molecule has 6 nitrogen and oxygen atoms in total. The summed E-state index contributed by atoms with van der Waals surface area (Å²) in [4.78, 5) is 12.1. The Labute approximate surface area is 138 Å². The minimum Gasteiger partial charge on any atom is -0.504 e. The van der Waals surface area contributed by atoms with Gasteiger partial charge in [0.1, 0.15) is 6.10 Å². The summed E-state index contributed by atoms with van der Waals surface area (Å²) in [6.45, 7) is 0. The van der Waals surface area contributed by atoms with Crippen molar-refractivity contribution >= 4 is 12.0 Å². The molecule has 3 rings (SSSR count). The zero-order valence-corrected chi connectivity index (χ0v) is 12.9. The molecule has 1 atom stereocenters. The van der Waals surface area contributed by atoms with Crippen LogP contribution in [0.25, 0.3) is 6.08 Å². The van der Waals surface area contributed by atoms with Crippen molar-refractivity contribution in [3.63, 3.8) is 0 Å². The van der Waals surface area contributed by atoms with Crippen molar-refractivity contribution in [3.05, 3.63) is 53.1 Å². The normalized spacial score (nSPS) is 18.6. The summed E-state index contributed by atoms with van der Waals surface area (Å²) in [6, 6.07) is 9.10. The Balaban J connectivity index is 1.85. The molecule has 0 radical (unpaired) electrons. The minimum absolute atomic E-state index is 0.0195. The summed E-state index contributed by atoms with van der Waals surface area (Å²) >= 11 is 0. The molecule has 0 aromatic heterocycles. The predicted octanol–water partition coefficient (Wildman–Crippen LogP) is 2.88. The van der Waals surface area contributed by atoms with Crippen molar-refractivity contribution in [1.82, 2.24) is 0 Å². The molecule has 1 aliphatic rings. The highest BCUT2D eigenvalue weighted by molar-refractivity contribution is 5.95. The fraction of sp³-hybridized carbons (Fsp3) is 0.167. The first kappa shape index (κ1) is 15.7. The van der Waals surface area contributed by atoms with Gasteiger partial charge in [-0.1, -0.05) is 12.1 Å². The van der Waals surface area contributed by atoms with Crippen molar-refractivity contribution in [3.8, 4) is 23.0 Å².